The highest BCUT2D eigenvalue weighted by molar-refractivity contribution is 7.98. The van der Waals surface area contributed by atoms with Gasteiger partial charge in [0, 0.05) is 17.5 Å². The molecule has 1 amide bonds. The van der Waals surface area contributed by atoms with Crippen molar-refractivity contribution in [1.29, 1.82) is 0 Å². The van der Waals surface area contributed by atoms with E-state index in [-0.39, 0.29) is 11.9 Å². The molecule has 0 spiro atoms. The van der Waals surface area contributed by atoms with Gasteiger partial charge in [-0.2, -0.15) is 11.8 Å². The molecule has 4 nitrogen and oxygen atoms in total. The molecule has 0 saturated heterocycles. The topological polar surface area (TPSA) is 68.0 Å². The van der Waals surface area contributed by atoms with Crippen LogP contribution < -0.4 is 11.1 Å². The van der Waals surface area contributed by atoms with Crippen LogP contribution in [0.25, 0.3) is 0 Å². The van der Waals surface area contributed by atoms with Crippen LogP contribution in [0.3, 0.4) is 0 Å². The van der Waals surface area contributed by atoms with E-state index in [9.17, 15) is 4.79 Å². The first-order chi connectivity index (χ1) is 7.61. The van der Waals surface area contributed by atoms with Crippen molar-refractivity contribution < 1.29 is 4.79 Å². The summed E-state index contributed by atoms with van der Waals surface area (Å²) in [7, 11) is 0. The first kappa shape index (κ1) is 12.8. The third-order valence-electron chi connectivity index (χ3n) is 2.01. The second kappa shape index (κ2) is 6.37. The first-order valence-corrected chi connectivity index (χ1v) is 6.50. The average molecular weight is 239 g/mol. The van der Waals surface area contributed by atoms with Gasteiger partial charge < -0.3 is 11.1 Å². The average Bonchev–Trinajstić information content (AvgIpc) is 2.21. The summed E-state index contributed by atoms with van der Waals surface area (Å²) in [6, 6.07) is 3.71. The number of nitrogens with two attached hydrogens (primary N) is 1. The van der Waals surface area contributed by atoms with Gasteiger partial charge in [-0.1, -0.05) is 0 Å². The molecule has 0 aliphatic carbocycles. The predicted molar refractivity (Wildman–Crippen MR) is 68.3 cm³/mol. The fourth-order valence-electron chi connectivity index (χ4n) is 1.32. The Morgan fingerprint density at radius 2 is 2.38 bits per heavy atom. The Bertz CT molecular complexity index is 340. The second-order valence-corrected chi connectivity index (χ2v) is 4.59. The van der Waals surface area contributed by atoms with Crippen LogP contribution in [-0.4, -0.2) is 28.9 Å². The number of pyridine rings is 1. The summed E-state index contributed by atoms with van der Waals surface area (Å²) in [6.07, 6.45) is 3.89. The molecule has 0 saturated carbocycles. The number of nitrogens with zero attached hydrogens (tertiary/aromatic N) is 1. The maximum absolute atomic E-state index is 11.6. The normalized spacial score (nSPS) is 12.1. The van der Waals surface area contributed by atoms with Gasteiger partial charge in [0.15, 0.2) is 0 Å². The number of nitrogen functional groups attached to an aromatic ring is 1. The van der Waals surface area contributed by atoms with Crippen molar-refractivity contribution in [3.8, 4) is 0 Å². The molecule has 16 heavy (non-hydrogen) atoms. The fraction of sp³-hybridized carbons (Fsp3) is 0.455. The molecule has 0 aliphatic heterocycles. The smallest absolute Gasteiger partial charge is 0.226 e. The number of nitrogens with one attached hydrogen (secondary N) is 1. The number of carbonyl (C=O) groups is 1. The molecule has 88 valence electrons. The number of anilines is 1. The number of thioether (sulfide) groups is 1. The quantitative estimate of drug-likeness (QED) is 0.806. The van der Waals surface area contributed by atoms with Crippen LogP contribution >= 0.6 is 11.8 Å². The molecule has 1 atom stereocenters. The molecule has 0 aromatic carbocycles. The SMILES string of the molecule is CSCC(C)NC(=O)Cc1ccc(N)cn1. The minimum Gasteiger partial charge on any atom is -0.397 e. The Morgan fingerprint density at radius 1 is 1.62 bits per heavy atom. The number of aromatic nitrogens is 1. The zero-order valence-corrected chi connectivity index (χ0v) is 10.4. The van der Waals surface area contributed by atoms with Crippen molar-refractivity contribution >= 4 is 23.4 Å². The van der Waals surface area contributed by atoms with Gasteiger partial charge >= 0.3 is 0 Å². The minimum atomic E-state index is -0.00109. The highest BCUT2D eigenvalue weighted by atomic mass is 32.2. The van der Waals surface area contributed by atoms with Gasteiger partial charge in [-0.15, -0.1) is 0 Å². The summed E-state index contributed by atoms with van der Waals surface area (Å²) < 4.78 is 0. The van der Waals surface area contributed by atoms with Crippen LogP contribution in [0.2, 0.25) is 0 Å². The summed E-state index contributed by atoms with van der Waals surface area (Å²) in [6.45, 7) is 1.99. The van der Waals surface area contributed by atoms with Crippen molar-refractivity contribution in [3.05, 3.63) is 24.0 Å². The van der Waals surface area contributed by atoms with Crippen molar-refractivity contribution in [2.75, 3.05) is 17.7 Å². The van der Waals surface area contributed by atoms with Crippen LogP contribution in [0.1, 0.15) is 12.6 Å². The molecule has 1 unspecified atom stereocenters. The molecule has 0 aliphatic rings. The predicted octanol–water partition coefficient (Wildman–Crippen LogP) is 1.07. The Balaban J connectivity index is 2.42. The van der Waals surface area contributed by atoms with E-state index in [4.69, 9.17) is 5.73 Å². The third-order valence-corrected chi connectivity index (χ3v) is 2.85. The van der Waals surface area contributed by atoms with Gasteiger partial charge in [-0.25, -0.2) is 0 Å². The van der Waals surface area contributed by atoms with Gasteiger partial charge in [0.05, 0.1) is 18.3 Å². The maximum Gasteiger partial charge on any atom is 0.226 e. The number of amides is 1. The Hall–Kier alpha value is -1.23. The van der Waals surface area contributed by atoms with Crippen LogP contribution in [0.15, 0.2) is 18.3 Å². The molecule has 0 radical (unpaired) electrons. The van der Waals surface area contributed by atoms with E-state index in [2.05, 4.69) is 10.3 Å². The van der Waals surface area contributed by atoms with Crippen LogP contribution in [-0.2, 0) is 11.2 Å². The lowest BCUT2D eigenvalue weighted by Gasteiger charge is -2.11. The highest BCUT2D eigenvalue weighted by Gasteiger charge is 2.08. The number of rotatable bonds is 5. The van der Waals surface area contributed by atoms with Crippen LogP contribution in [0.5, 0.6) is 0 Å². The molecule has 3 N–H and O–H groups in total. The molecule has 0 fully saturated rings. The largest absolute Gasteiger partial charge is 0.397 e. The van der Waals surface area contributed by atoms with E-state index >= 15 is 0 Å². The zero-order chi connectivity index (χ0) is 12.0. The van der Waals surface area contributed by atoms with Gasteiger partial charge in [0.1, 0.15) is 0 Å². The zero-order valence-electron chi connectivity index (χ0n) is 9.56. The van der Waals surface area contributed by atoms with E-state index in [1.54, 1.807) is 30.1 Å². The van der Waals surface area contributed by atoms with Crippen molar-refractivity contribution in [3.63, 3.8) is 0 Å². The molecule has 1 rings (SSSR count). The molecular weight excluding hydrogens is 222 g/mol. The monoisotopic (exact) mass is 239 g/mol. The summed E-state index contributed by atoms with van der Waals surface area (Å²) in [5.41, 5.74) is 6.86. The summed E-state index contributed by atoms with van der Waals surface area (Å²) in [4.78, 5) is 15.7. The number of hydrogen-bond acceptors (Lipinski definition) is 4. The van der Waals surface area contributed by atoms with Gasteiger partial charge in [0.2, 0.25) is 5.91 Å². The Labute approximate surface area is 100 Å². The lowest BCUT2D eigenvalue weighted by Crippen LogP contribution is -2.35. The lowest BCUT2D eigenvalue weighted by atomic mass is 10.2. The Morgan fingerprint density at radius 3 is 2.94 bits per heavy atom. The lowest BCUT2D eigenvalue weighted by molar-refractivity contribution is -0.120. The molecule has 1 heterocycles. The van der Waals surface area contributed by atoms with Crippen LogP contribution in [0.4, 0.5) is 5.69 Å². The van der Waals surface area contributed by atoms with E-state index < -0.39 is 0 Å². The molecule has 1 aromatic rings. The Kier molecular flexibility index (Phi) is 5.11. The van der Waals surface area contributed by atoms with Gasteiger partial charge in [-0.05, 0) is 25.3 Å². The van der Waals surface area contributed by atoms with Crippen LogP contribution in [0, 0.1) is 0 Å². The standard InChI is InChI=1S/C11H17N3OS/c1-8(7-16-2)14-11(15)5-10-4-3-9(12)6-13-10/h3-4,6,8H,5,7,12H2,1-2H3,(H,14,15). The molecule has 0 bridgehead atoms. The van der Waals surface area contributed by atoms with Crippen molar-refractivity contribution in [2.24, 2.45) is 0 Å². The molecular formula is C11H17N3OS. The van der Waals surface area contributed by atoms with Gasteiger partial charge in [-0.3, -0.25) is 9.78 Å². The summed E-state index contributed by atoms with van der Waals surface area (Å²) in [5, 5.41) is 2.91. The summed E-state index contributed by atoms with van der Waals surface area (Å²) >= 11 is 1.71. The number of carbonyl (C=O) groups excluding carboxylic acids is 1. The third kappa shape index (κ3) is 4.53. The second-order valence-electron chi connectivity index (χ2n) is 3.68. The fourth-order valence-corrected chi connectivity index (χ4v) is 1.91. The molecule has 1 aromatic heterocycles. The first-order valence-electron chi connectivity index (χ1n) is 5.10. The summed E-state index contributed by atoms with van der Waals surface area (Å²) in [5.74, 6) is 0.916. The van der Waals surface area contributed by atoms with Crippen molar-refractivity contribution in [2.45, 2.75) is 19.4 Å². The van der Waals surface area contributed by atoms with E-state index in [0.29, 0.717) is 12.1 Å². The minimum absolute atomic E-state index is 0.00109. The maximum atomic E-state index is 11.6. The van der Waals surface area contributed by atoms with Gasteiger partial charge in [0.25, 0.3) is 0 Å². The van der Waals surface area contributed by atoms with Crippen molar-refractivity contribution in [1.82, 2.24) is 10.3 Å². The van der Waals surface area contributed by atoms with E-state index in [1.807, 2.05) is 13.2 Å². The highest BCUT2D eigenvalue weighted by Crippen LogP contribution is 2.02. The van der Waals surface area contributed by atoms with E-state index in [0.717, 1.165) is 11.4 Å². The molecule has 5 heteroatoms. The number of hydrogen-bond donors (Lipinski definition) is 2. The van der Waals surface area contributed by atoms with E-state index in [1.165, 1.54) is 0 Å².